The molecular weight excluding hydrogens is 360 g/mol. The van der Waals surface area contributed by atoms with Gasteiger partial charge in [0.05, 0.1) is 0 Å². The van der Waals surface area contributed by atoms with Crippen molar-refractivity contribution in [2.45, 2.75) is 43.8 Å². The lowest BCUT2D eigenvalue weighted by atomic mass is 9.68. The summed E-state index contributed by atoms with van der Waals surface area (Å²) in [4.78, 5) is 14.6. The Labute approximate surface area is 166 Å². The third-order valence-corrected chi connectivity index (χ3v) is 7.19. The van der Waals surface area contributed by atoms with Gasteiger partial charge in [-0.2, -0.15) is 0 Å². The van der Waals surface area contributed by atoms with Gasteiger partial charge in [0.1, 0.15) is 5.78 Å². The lowest BCUT2D eigenvalue weighted by molar-refractivity contribution is -0.132. The molecule has 1 nitrogen and oxygen atoms in total. The highest BCUT2D eigenvalue weighted by Crippen LogP contribution is 2.49. The summed E-state index contributed by atoms with van der Waals surface area (Å²) in [6.45, 7) is 6.60. The topological polar surface area (TPSA) is 17.1 Å². The third-order valence-electron chi connectivity index (χ3n) is 5.58. The van der Waals surface area contributed by atoms with Crippen LogP contribution in [-0.4, -0.2) is 5.78 Å². The first-order valence-corrected chi connectivity index (χ1v) is 10.7. The number of carbonyl (C=O) groups excluding carboxylic acids is 1. The van der Waals surface area contributed by atoms with E-state index in [1.165, 1.54) is 10.5 Å². The molecule has 2 aromatic rings. The van der Waals surface area contributed by atoms with Crippen LogP contribution in [0.15, 0.2) is 59.5 Å². The Kier molecular flexibility index (Phi) is 6.47. The molecule has 3 rings (SSSR count). The molecule has 26 heavy (non-hydrogen) atoms. The van der Waals surface area contributed by atoms with Crippen LogP contribution < -0.4 is 0 Å². The van der Waals surface area contributed by atoms with E-state index in [1.54, 1.807) is 0 Å². The largest absolute Gasteiger partial charge is 0.299 e. The Morgan fingerprint density at radius 3 is 2.27 bits per heavy atom. The Hall–Kier alpha value is -1.25. The van der Waals surface area contributed by atoms with E-state index in [0.29, 0.717) is 17.6 Å². The highest BCUT2D eigenvalue weighted by molar-refractivity contribution is 7.99. The van der Waals surface area contributed by atoms with Crippen molar-refractivity contribution in [1.82, 2.24) is 0 Å². The van der Waals surface area contributed by atoms with Gasteiger partial charge in [0, 0.05) is 27.0 Å². The van der Waals surface area contributed by atoms with Gasteiger partial charge >= 0.3 is 0 Å². The lowest BCUT2D eigenvalue weighted by Crippen LogP contribution is -2.39. The molecule has 3 heteroatoms. The predicted molar refractivity (Wildman–Crippen MR) is 112 cm³/mol. The smallest absolute Gasteiger partial charge is 0.141 e. The number of carbonyl (C=O) groups is 1. The van der Waals surface area contributed by atoms with Gasteiger partial charge in [-0.3, -0.25) is 4.79 Å². The monoisotopic (exact) mass is 386 g/mol. The average Bonchev–Trinajstić information content (AvgIpc) is 2.62. The molecule has 0 radical (unpaired) electrons. The minimum Gasteiger partial charge on any atom is -0.299 e. The highest BCUT2D eigenvalue weighted by Gasteiger charge is 2.42. The molecule has 0 aromatic heterocycles. The van der Waals surface area contributed by atoms with E-state index >= 15 is 0 Å². The number of hydrogen-bond acceptors (Lipinski definition) is 2. The van der Waals surface area contributed by atoms with Gasteiger partial charge in [-0.25, -0.2) is 0 Å². The SMILES string of the molecule is CC(C)[C@@H]1CC[C@@H](C)[C@H]([C@@H](Sc2ccccc2)c2ccc(Cl)cc2)C1=O. The van der Waals surface area contributed by atoms with E-state index in [9.17, 15) is 4.79 Å². The maximum Gasteiger partial charge on any atom is 0.141 e. The molecule has 2 aromatic carbocycles. The number of hydrogen-bond donors (Lipinski definition) is 0. The zero-order valence-electron chi connectivity index (χ0n) is 15.7. The van der Waals surface area contributed by atoms with Gasteiger partial charge < -0.3 is 0 Å². The van der Waals surface area contributed by atoms with Crippen LogP contribution in [0.25, 0.3) is 0 Å². The fraction of sp³-hybridized carbons (Fsp3) is 0.435. The van der Waals surface area contributed by atoms with Gasteiger partial charge in [-0.15, -0.1) is 11.8 Å². The number of thioether (sulfide) groups is 1. The molecule has 0 unspecified atom stereocenters. The average molecular weight is 387 g/mol. The number of rotatable bonds is 5. The summed E-state index contributed by atoms with van der Waals surface area (Å²) in [7, 11) is 0. The van der Waals surface area contributed by atoms with E-state index < -0.39 is 0 Å². The molecule has 1 fully saturated rings. The van der Waals surface area contributed by atoms with Crippen molar-refractivity contribution >= 4 is 29.1 Å². The van der Waals surface area contributed by atoms with Gasteiger partial charge in [0.2, 0.25) is 0 Å². The van der Waals surface area contributed by atoms with Crippen molar-refractivity contribution < 1.29 is 4.79 Å². The molecule has 1 aliphatic carbocycles. The Morgan fingerprint density at radius 1 is 1.00 bits per heavy atom. The minimum atomic E-state index is 0.0440. The summed E-state index contributed by atoms with van der Waals surface area (Å²) in [6.07, 6.45) is 2.15. The van der Waals surface area contributed by atoms with Crippen LogP contribution in [-0.2, 0) is 4.79 Å². The predicted octanol–water partition coefficient (Wildman–Crippen LogP) is 7.06. The van der Waals surface area contributed by atoms with Gasteiger partial charge in [0.15, 0.2) is 0 Å². The van der Waals surface area contributed by atoms with Gasteiger partial charge in [0.25, 0.3) is 0 Å². The number of halogens is 1. The van der Waals surface area contributed by atoms with Crippen LogP contribution in [0, 0.1) is 23.7 Å². The molecule has 0 spiro atoms. The van der Waals surface area contributed by atoms with Crippen LogP contribution in [0.1, 0.15) is 44.4 Å². The number of benzene rings is 2. The Bertz CT molecular complexity index is 726. The van der Waals surface area contributed by atoms with Crippen LogP contribution in [0.4, 0.5) is 0 Å². The maximum atomic E-state index is 13.4. The molecule has 0 N–H and O–H groups in total. The molecule has 0 bridgehead atoms. The molecular formula is C23H27ClOS. The number of ketones is 1. The summed E-state index contributed by atoms with van der Waals surface area (Å²) in [5.74, 6) is 1.48. The molecule has 0 saturated heterocycles. The molecule has 0 heterocycles. The molecule has 1 aliphatic rings. The Balaban J connectivity index is 1.98. The summed E-state index contributed by atoms with van der Waals surface area (Å²) in [6, 6.07) is 18.5. The molecule has 0 amide bonds. The lowest BCUT2D eigenvalue weighted by Gasteiger charge is -2.39. The second kappa shape index (κ2) is 8.63. The summed E-state index contributed by atoms with van der Waals surface area (Å²) < 4.78 is 0. The van der Waals surface area contributed by atoms with E-state index in [4.69, 9.17) is 11.6 Å². The fourth-order valence-corrected chi connectivity index (χ4v) is 5.62. The Morgan fingerprint density at radius 2 is 1.65 bits per heavy atom. The van der Waals surface area contributed by atoms with Crippen LogP contribution in [0.2, 0.25) is 5.02 Å². The fourth-order valence-electron chi connectivity index (χ4n) is 4.05. The summed E-state index contributed by atoms with van der Waals surface area (Å²) in [5.41, 5.74) is 1.19. The molecule has 0 aliphatic heterocycles. The van der Waals surface area contributed by atoms with Crippen LogP contribution in [0.5, 0.6) is 0 Å². The minimum absolute atomic E-state index is 0.0440. The van der Waals surface area contributed by atoms with Crippen molar-refractivity contribution in [2.75, 3.05) is 0 Å². The highest BCUT2D eigenvalue weighted by atomic mass is 35.5. The van der Waals surface area contributed by atoms with E-state index in [1.807, 2.05) is 30.0 Å². The zero-order chi connectivity index (χ0) is 18.7. The first-order valence-electron chi connectivity index (χ1n) is 9.48. The van der Waals surface area contributed by atoms with Crippen LogP contribution in [0.3, 0.4) is 0 Å². The maximum absolute atomic E-state index is 13.4. The second-order valence-corrected chi connectivity index (χ2v) is 9.39. The molecule has 4 atom stereocenters. The van der Waals surface area contributed by atoms with Crippen molar-refractivity contribution in [3.8, 4) is 0 Å². The molecule has 138 valence electrons. The first-order chi connectivity index (χ1) is 12.5. The summed E-state index contributed by atoms with van der Waals surface area (Å²) >= 11 is 7.92. The van der Waals surface area contributed by atoms with Crippen molar-refractivity contribution in [2.24, 2.45) is 23.7 Å². The van der Waals surface area contributed by atoms with E-state index in [0.717, 1.165) is 17.9 Å². The van der Waals surface area contributed by atoms with E-state index in [-0.39, 0.29) is 17.1 Å². The van der Waals surface area contributed by atoms with E-state index in [2.05, 4.69) is 57.2 Å². The third kappa shape index (κ3) is 4.35. The van der Waals surface area contributed by atoms with Gasteiger partial charge in [-0.05, 0) is 54.5 Å². The molecule has 1 saturated carbocycles. The van der Waals surface area contributed by atoms with Crippen molar-refractivity contribution in [3.05, 3.63) is 65.2 Å². The van der Waals surface area contributed by atoms with Gasteiger partial charge in [-0.1, -0.05) is 62.7 Å². The summed E-state index contributed by atoms with van der Waals surface area (Å²) in [5, 5.41) is 0.860. The zero-order valence-corrected chi connectivity index (χ0v) is 17.3. The van der Waals surface area contributed by atoms with Crippen LogP contribution >= 0.6 is 23.4 Å². The normalized spacial score (nSPS) is 24.7. The standard InChI is InChI=1S/C23H27ClOS/c1-15(2)20-14-9-16(3)21(22(20)25)23(17-10-12-18(24)13-11-17)26-19-7-5-4-6-8-19/h4-8,10-13,15-16,20-21,23H,9,14H2,1-3H3/t16-,20+,21+,23+/m1/s1. The number of Topliss-reactive ketones (excluding diaryl/α,β-unsaturated/α-hetero) is 1. The quantitative estimate of drug-likeness (QED) is 0.511. The van der Waals surface area contributed by atoms with Crippen molar-refractivity contribution in [1.29, 1.82) is 0 Å². The van der Waals surface area contributed by atoms with Crippen molar-refractivity contribution in [3.63, 3.8) is 0 Å². The first kappa shape index (κ1) is 19.5. The second-order valence-electron chi connectivity index (χ2n) is 7.74.